The summed E-state index contributed by atoms with van der Waals surface area (Å²) in [5.74, 6) is 1.30. The van der Waals surface area contributed by atoms with E-state index in [1.54, 1.807) is 36.4 Å². The highest BCUT2D eigenvalue weighted by atomic mass is 35.5. The van der Waals surface area contributed by atoms with Gasteiger partial charge in [0.25, 0.3) is 0 Å². The van der Waals surface area contributed by atoms with E-state index >= 15 is 0 Å². The molecule has 1 N–H and O–H groups in total. The average molecular weight is 311 g/mol. The van der Waals surface area contributed by atoms with Crippen molar-refractivity contribution < 1.29 is 14.6 Å². The van der Waals surface area contributed by atoms with Crippen molar-refractivity contribution in [2.45, 2.75) is 12.7 Å². The monoisotopic (exact) mass is 310 g/mol. The van der Waals surface area contributed by atoms with Gasteiger partial charge in [-0.2, -0.15) is 0 Å². The number of rotatable bonds is 3. The first-order valence-corrected chi connectivity index (χ1v) is 6.91. The van der Waals surface area contributed by atoms with Crippen LogP contribution in [0.4, 0.5) is 0 Å². The van der Waals surface area contributed by atoms with Gasteiger partial charge in [-0.25, -0.2) is 0 Å². The second-order valence-corrected chi connectivity index (χ2v) is 5.33. The van der Waals surface area contributed by atoms with Crippen LogP contribution in [0.15, 0.2) is 36.4 Å². The number of fused-ring (bicyclic) bond motifs is 1. The highest BCUT2D eigenvalue weighted by Crippen LogP contribution is 2.35. The molecule has 0 spiro atoms. The standard InChI is InChI=1S/C15H12Cl2O3/c16-12-2-1-3-13(17)11(12)7-19-9-4-5-10-14(18)8-20-15(10)6-9/h1-6,14,18H,7-8H2. The van der Waals surface area contributed by atoms with E-state index in [0.717, 1.165) is 11.1 Å². The van der Waals surface area contributed by atoms with E-state index in [1.165, 1.54) is 0 Å². The Labute approximate surface area is 126 Å². The van der Waals surface area contributed by atoms with Gasteiger partial charge in [-0.15, -0.1) is 0 Å². The van der Waals surface area contributed by atoms with Gasteiger partial charge < -0.3 is 14.6 Å². The highest BCUT2D eigenvalue weighted by molar-refractivity contribution is 6.35. The Morgan fingerprint density at radius 1 is 1.20 bits per heavy atom. The number of benzene rings is 2. The first-order chi connectivity index (χ1) is 9.65. The molecule has 5 heteroatoms. The van der Waals surface area contributed by atoms with Crippen molar-refractivity contribution in [1.82, 2.24) is 0 Å². The van der Waals surface area contributed by atoms with Crippen molar-refractivity contribution in [1.29, 1.82) is 0 Å². The zero-order chi connectivity index (χ0) is 14.1. The lowest BCUT2D eigenvalue weighted by Gasteiger charge is -2.10. The molecule has 0 aliphatic carbocycles. The molecule has 1 atom stereocenters. The third-order valence-electron chi connectivity index (χ3n) is 3.19. The van der Waals surface area contributed by atoms with Crippen molar-refractivity contribution in [2.24, 2.45) is 0 Å². The summed E-state index contributed by atoms with van der Waals surface area (Å²) in [5, 5.41) is 10.8. The van der Waals surface area contributed by atoms with Gasteiger partial charge in [0.05, 0.1) is 0 Å². The van der Waals surface area contributed by atoms with E-state index < -0.39 is 6.10 Å². The molecule has 3 rings (SSSR count). The first-order valence-electron chi connectivity index (χ1n) is 6.15. The van der Waals surface area contributed by atoms with Gasteiger partial charge in [-0.1, -0.05) is 29.3 Å². The van der Waals surface area contributed by atoms with Crippen LogP contribution in [0.3, 0.4) is 0 Å². The SMILES string of the molecule is OC1COc2cc(OCc3c(Cl)cccc3Cl)ccc21. The topological polar surface area (TPSA) is 38.7 Å². The summed E-state index contributed by atoms with van der Waals surface area (Å²) in [6.07, 6.45) is -0.558. The Morgan fingerprint density at radius 2 is 1.95 bits per heavy atom. The van der Waals surface area contributed by atoms with Crippen LogP contribution in [0.1, 0.15) is 17.2 Å². The second-order valence-electron chi connectivity index (χ2n) is 4.52. The number of halogens is 2. The van der Waals surface area contributed by atoms with Gasteiger partial charge in [-0.05, 0) is 24.3 Å². The average Bonchev–Trinajstić information content (AvgIpc) is 2.79. The van der Waals surface area contributed by atoms with Gasteiger partial charge in [0, 0.05) is 27.2 Å². The lowest BCUT2D eigenvalue weighted by Crippen LogP contribution is -1.97. The van der Waals surface area contributed by atoms with E-state index in [9.17, 15) is 5.11 Å². The summed E-state index contributed by atoms with van der Waals surface area (Å²) in [4.78, 5) is 0. The Kier molecular flexibility index (Phi) is 3.74. The van der Waals surface area contributed by atoms with Crippen LogP contribution in [0.25, 0.3) is 0 Å². The molecule has 0 amide bonds. The van der Waals surface area contributed by atoms with E-state index in [4.69, 9.17) is 32.7 Å². The third kappa shape index (κ3) is 2.57. The summed E-state index contributed by atoms with van der Waals surface area (Å²) in [7, 11) is 0. The Hall–Kier alpha value is -1.42. The van der Waals surface area contributed by atoms with Crippen molar-refractivity contribution in [2.75, 3.05) is 6.61 Å². The Morgan fingerprint density at radius 3 is 2.70 bits per heavy atom. The molecular weight excluding hydrogens is 299 g/mol. The van der Waals surface area contributed by atoms with E-state index in [0.29, 0.717) is 21.5 Å². The molecule has 3 nitrogen and oxygen atoms in total. The first kappa shape index (κ1) is 13.6. The number of ether oxygens (including phenoxy) is 2. The Balaban J connectivity index is 1.76. The highest BCUT2D eigenvalue weighted by Gasteiger charge is 2.22. The number of hydrogen-bond donors (Lipinski definition) is 1. The van der Waals surface area contributed by atoms with E-state index in [1.807, 2.05) is 0 Å². The molecule has 1 aliphatic heterocycles. The van der Waals surface area contributed by atoms with Crippen molar-refractivity contribution in [3.05, 3.63) is 57.6 Å². The molecule has 0 saturated carbocycles. The van der Waals surface area contributed by atoms with Crippen molar-refractivity contribution in [3.63, 3.8) is 0 Å². The van der Waals surface area contributed by atoms with Gasteiger partial charge >= 0.3 is 0 Å². The maximum atomic E-state index is 9.65. The number of hydrogen-bond acceptors (Lipinski definition) is 3. The van der Waals surface area contributed by atoms with E-state index in [2.05, 4.69) is 0 Å². The fourth-order valence-electron chi connectivity index (χ4n) is 2.09. The quantitative estimate of drug-likeness (QED) is 0.931. The van der Waals surface area contributed by atoms with Gasteiger partial charge in [0.2, 0.25) is 0 Å². The van der Waals surface area contributed by atoms with Gasteiger partial charge in [-0.3, -0.25) is 0 Å². The van der Waals surface area contributed by atoms with Crippen LogP contribution in [-0.4, -0.2) is 11.7 Å². The van der Waals surface area contributed by atoms with Crippen LogP contribution in [0.5, 0.6) is 11.5 Å². The smallest absolute Gasteiger partial charge is 0.129 e. The predicted molar refractivity (Wildman–Crippen MR) is 77.7 cm³/mol. The summed E-state index contributed by atoms with van der Waals surface area (Å²) >= 11 is 12.2. The molecule has 1 aliphatic rings. The normalized spacial score (nSPS) is 16.6. The van der Waals surface area contributed by atoms with Crippen LogP contribution >= 0.6 is 23.2 Å². The lowest BCUT2D eigenvalue weighted by molar-refractivity contribution is 0.140. The predicted octanol–water partition coefficient (Wildman–Crippen LogP) is 4.00. The molecule has 1 unspecified atom stereocenters. The van der Waals surface area contributed by atoms with Crippen LogP contribution in [-0.2, 0) is 6.61 Å². The summed E-state index contributed by atoms with van der Waals surface area (Å²) in [5.41, 5.74) is 1.53. The molecule has 2 aromatic carbocycles. The molecule has 0 bridgehead atoms. The molecule has 0 aromatic heterocycles. The van der Waals surface area contributed by atoms with Crippen molar-refractivity contribution in [3.8, 4) is 11.5 Å². The largest absolute Gasteiger partial charge is 0.490 e. The minimum Gasteiger partial charge on any atom is -0.490 e. The zero-order valence-corrected chi connectivity index (χ0v) is 12.0. The molecule has 104 valence electrons. The Bertz CT molecular complexity index is 623. The fraction of sp³-hybridized carbons (Fsp3) is 0.200. The third-order valence-corrected chi connectivity index (χ3v) is 3.89. The molecular formula is C15H12Cl2O3. The van der Waals surface area contributed by atoms with Crippen LogP contribution in [0.2, 0.25) is 10.0 Å². The minimum absolute atomic E-state index is 0.278. The van der Waals surface area contributed by atoms with Crippen LogP contribution in [0, 0.1) is 0 Å². The maximum Gasteiger partial charge on any atom is 0.129 e. The molecule has 1 heterocycles. The summed E-state index contributed by atoms with van der Waals surface area (Å²) in [6, 6.07) is 10.7. The molecule has 0 radical (unpaired) electrons. The maximum absolute atomic E-state index is 9.65. The van der Waals surface area contributed by atoms with Crippen LogP contribution < -0.4 is 9.47 Å². The lowest BCUT2D eigenvalue weighted by atomic mass is 10.1. The molecule has 0 fully saturated rings. The second kappa shape index (κ2) is 5.52. The number of aliphatic hydroxyl groups is 1. The summed E-state index contributed by atoms with van der Waals surface area (Å²) < 4.78 is 11.1. The molecule has 20 heavy (non-hydrogen) atoms. The van der Waals surface area contributed by atoms with E-state index in [-0.39, 0.29) is 13.2 Å². The van der Waals surface area contributed by atoms with Gasteiger partial charge in [0.1, 0.15) is 30.8 Å². The summed E-state index contributed by atoms with van der Waals surface area (Å²) in [6.45, 7) is 0.564. The van der Waals surface area contributed by atoms with Gasteiger partial charge in [0.15, 0.2) is 0 Å². The molecule has 2 aromatic rings. The number of aliphatic hydroxyl groups excluding tert-OH is 1. The minimum atomic E-state index is -0.558. The molecule has 0 saturated heterocycles. The fourth-order valence-corrected chi connectivity index (χ4v) is 2.60. The van der Waals surface area contributed by atoms with Crippen molar-refractivity contribution >= 4 is 23.2 Å². The zero-order valence-electron chi connectivity index (χ0n) is 10.5.